The van der Waals surface area contributed by atoms with Crippen LogP contribution >= 0.6 is 0 Å². The standard InChI is InChI=1S/C30H40O4/c1-21-11-9-10-14-25(21)27-20-23(16-18-26(27)29(32)33-5)19-24(28(31)34-30(2,3)4)17-15-22-12-7-6-8-13-22/h9-11,14,16,18,20,22,24H,6-8,12-13,15,17,19H2,1-5H3. The van der Waals surface area contributed by atoms with Gasteiger partial charge in [0.05, 0.1) is 18.6 Å². The summed E-state index contributed by atoms with van der Waals surface area (Å²) in [6.45, 7) is 7.80. The molecule has 0 aromatic heterocycles. The Bertz CT molecular complexity index is 980. The van der Waals surface area contributed by atoms with Crippen LogP contribution in [-0.2, 0) is 20.7 Å². The Kier molecular flexibility index (Phi) is 8.93. The summed E-state index contributed by atoms with van der Waals surface area (Å²) in [5.41, 5.74) is 3.99. The molecule has 1 atom stereocenters. The summed E-state index contributed by atoms with van der Waals surface area (Å²) in [4.78, 5) is 25.7. The summed E-state index contributed by atoms with van der Waals surface area (Å²) in [6.07, 6.45) is 8.97. The van der Waals surface area contributed by atoms with Crippen molar-refractivity contribution in [3.8, 4) is 11.1 Å². The highest BCUT2D eigenvalue weighted by molar-refractivity contribution is 5.97. The van der Waals surface area contributed by atoms with E-state index in [0.717, 1.165) is 35.1 Å². The smallest absolute Gasteiger partial charge is 0.338 e. The number of carbonyl (C=O) groups is 2. The molecular weight excluding hydrogens is 424 g/mol. The predicted molar refractivity (Wildman–Crippen MR) is 137 cm³/mol. The molecule has 3 rings (SSSR count). The molecule has 0 bridgehead atoms. The molecule has 2 aromatic carbocycles. The molecule has 0 radical (unpaired) electrons. The van der Waals surface area contributed by atoms with Gasteiger partial charge >= 0.3 is 11.9 Å². The zero-order chi connectivity index (χ0) is 24.7. The van der Waals surface area contributed by atoms with Crippen molar-refractivity contribution in [2.24, 2.45) is 11.8 Å². The first-order valence-electron chi connectivity index (χ1n) is 12.7. The molecule has 1 aliphatic carbocycles. The van der Waals surface area contributed by atoms with Crippen LogP contribution in [0, 0.1) is 18.8 Å². The van der Waals surface area contributed by atoms with Gasteiger partial charge in [-0.25, -0.2) is 4.79 Å². The minimum Gasteiger partial charge on any atom is -0.465 e. The Hall–Kier alpha value is -2.62. The summed E-state index contributed by atoms with van der Waals surface area (Å²) < 4.78 is 10.9. The van der Waals surface area contributed by atoms with E-state index in [9.17, 15) is 9.59 Å². The van der Waals surface area contributed by atoms with Crippen LogP contribution in [0.4, 0.5) is 0 Å². The van der Waals surface area contributed by atoms with Gasteiger partial charge in [-0.1, -0.05) is 68.5 Å². The number of carbonyl (C=O) groups excluding carboxylic acids is 2. The van der Waals surface area contributed by atoms with Crippen molar-refractivity contribution in [3.05, 3.63) is 59.2 Å². The fourth-order valence-corrected chi connectivity index (χ4v) is 4.99. The summed E-state index contributed by atoms with van der Waals surface area (Å²) in [5, 5.41) is 0. The number of aryl methyl sites for hydroxylation is 1. The van der Waals surface area contributed by atoms with Gasteiger partial charge in [0.15, 0.2) is 0 Å². The molecule has 184 valence electrons. The van der Waals surface area contributed by atoms with Gasteiger partial charge in [0.1, 0.15) is 5.60 Å². The first kappa shape index (κ1) is 26.0. The van der Waals surface area contributed by atoms with Crippen molar-refractivity contribution >= 4 is 11.9 Å². The summed E-state index contributed by atoms with van der Waals surface area (Å²) in [5.74, 6) is 0.0290. The highest BCUT2D eigenvalue weighted by Crippen LogP contribution is 2.32. The molecule has 2 aromatic rings. The number of methoxy groups -OCH3 is 1. The molecule has 4 nitrogen and oxygen atoms in total. The average molecular weight is 465 g/mol. The summed E-state index contributed by atoms with van der Waals surface area (Å²) in [6, 6.07) is 13.9. The topological polar surface area (TPSA) is 52.6 Å². The monoisotopic (exact) mass is 464 g/mol. The molecule has 34 heavy (non-hydrogen) atoms. The molecular formula is C30H40O4. The molecule has 0 heterocycles. The van der Waals surface area contributed by atoms with Gasteiger partial charge in [-0.2, -0.15) is 0 Å². The van der Waals surface area contributed by atoms with E-state index >= 15 is 0 Å². The number of rotatable bonds is 8. The molecule has 1 fully saturated rings. The van der Waals surface area contributed by atoms with E-state index in [-0.39, 0.29) is 17.9 Å². The lowest BCUT2D eigenvalue weighted by Crippen LogP contribution is -2.30. The Morgan fingerprint density at radius 1 is 1.00 bits per heavy atom. The second kappa shape index (κ2) is 11.7. The number of hydrogen-bond acceptors (Lipinski definition) is 4. The molecule has 0 N–H and O–H groups in total. The number of benzene rings is 2. The van der Waals surface area contributed by atoms with E-state index in [1.807, 2.05) is 70.2 Å². The van der Waals surface area contributed by atoms with E-state index in [1.165, 1.54) is 39.2 Å². The molecule has 0 aliphatic heterocycles. The largest absolute Gasteiger partial charge is 0.465 e. The van der Waals surface area contributed by atoms with Crippen molar-refractivity contribution in [1.82, 2.24) is 0 Å². The maximum Gasteiger partial charge on any atom is 0.338 e. The van der Waals surface area contributed by atoms with Crippen LogP contribution in [0.1, 0.15) is 87.2 Å². The van der Waals surface area contributed by atoms with E-state index in [1.54, 1.807) is 0 Å². The fourth-order valence-electron chi connectivity index (χ4n) is 4.99. The quantitative estimate of drug-likeness (QED) is 0.384. The van der Waals surface area contributed by atoms with Gasteiger partial charge in [0, 0.05) is 0 Å². The van der Waals surface area contributed by atoms with Crippen molar-refractivity contribution in [1.29, 1.82) is 0 Å². The number of hydrogen-bond donors (Lipinski definition) is 0. The molecule has 1 unspecified atom stereocenters. The molecule has 1 saturated carbocycles. The normalized spacial score (nSPS) is 15.6. The Balaban J connectivity index is 1.89. The highest BCUT2D eigenvalue weighted by Gasteiger charge is 2.27. The van der Waals surface area contributed by atoms with Crippen LogP contribution in [0.3, 0.4) is 0 Å². The van der Waals surface area contributed by atoms with Crippen molar-refractivity contribution in [2.75, 3.05) is 7.11 Å². The SMILES string of the molecule is COC(=O)c1ccc(CC(CCC2CCCCC2)C(=O)OC(C)(C)C)cc1-c1ccccc1C. The van der Waals surface area contributed by atoms with Crippen molar-refractivity contribution in [2.45, 2.75) is 84.7 Å². The van der Waals surface area contributed by atoms with Crippen LogP contribution in [0.5, 0.6) is 0 Å². The van der Waals surface area contributed by atoms with E-state index in [2.05, 4.69) is 0 Å². The Labute approximate surface area is 205 Å². The van der Waals surface area contributed by atoms with Gasteiger partial charge in [0.25, 0.3) is 0 Å². The second-order valence-electron chi connectivity index (χ2n) is 10.7. The van der Waals surface area contributed by atoms with Gasteiger partial charge in [-0.05, 0) is 81.2 Å². The van der Waals surface area contributed by atoms with Crippen LogP contribution < -0.4 is 0 Å². The van der Waals surface area contributed by atoms with Gasteiger partial charge in [-0.3, -0.25) is 4.79 Å². The lowest BCUT2D eigenvalue weighted by molar-refractivity contribution is -0.160. The Morgan fingerprint density at radius 2 is 1.71 bits per heavy atom. The second-order valence-corrected chi connectivity index (χ2v) is 10.7. The summed E-state index contributed by atoms with van der Waals surface area (Å²) >= 11 is 0. The zero-order valence-electron chi connectivity index (χ0n) is 21.5. The maximum absolute atomic E-state index is 13.2. The van der Waals surface area contributed by atoms with Crippen LogP contribution in [0.2, 0.25) is 0 Å². The third-order valence-corrected chi connectivity index (χ3v) is 6.79. The van der Waals surface area contributed by atoms with E-state index < -0.39 is 5.60 Å². The summed E-state index contributed by atoms with van der Waals surface area (Å²) in [7, 11) is 1.40. The van der Waals surface area contributed by atoms with E-state index in [0.29, 0.717) is 17.9 Å². The zero-order valence-corrected chi connectivity index (χ0v) is 21.5. The minimum atomic E-state index is -0.513. The number of ether oxygens (including phenoxy) is 2. The predicted octanol–water partition coefficient (Wildman–Crippen LogP) is 7.31. The molecule has 1 aliphatic rings. The molecule has 4 heteroatoms. The lowest BCUT2D eigenvalue weighted by Gasteiger charge is -2.27. The van der Waals surface area contributed by atoms with E-state index in [4.69, 9.17) is 9.47 Å². The first-order valence-corrected chi connectivity index (χ1v) is 12.7. The van der Waals surface area contributed by atoms with Crippen LogP contribution in [0.15, 0.2) is 42.5 Å². The first-order chi connectivity index (χ1) is 16.2. The lowest BCUT2D eigenvalue weighted by atomic mass is 9.82. The number of esters is 2. The van der Waals surface area contributed by atoms with Crippen LogP contribution in [0.25, 0.3) is 11.1 Å². The molecule has 0 amide bonds. The molecule has 0 spiro atoms. The van der Waals surface area contributed by atoms with Gasteiger partial charge < -0.3 is 9.47 Å². The van der Waals surface area contributed by atoms with Crippen LogP contribution in [-0.4, -0.2) is 24.6 Å². The minimum absolute atomic E-state index is 0.127. The third kappa shape index (κ3) is 7.19. The third-order valence-electron chi connectivity index (χ3n) is 6.79. The fraction of sp³-hybridized carbons (Fsp3) is 0.533. The average Bonchev–Trinajstić information content (AvgIpc) is 2.81. The van der Waals surface area contributed by atoms with Crippen molar-refractivity contribution < 1.29 is 19.1 Å². The maximum atomic E-state index is 13.2. The molecule has 0 saturated heterocycles. The Morgan fingerprint density at radius 3 is 2.35 bits per heavy atom. The van der Waals surface area contributed by atoms with Crippen molar-refractivity contribution in [3.63, 3.8) is 0 Å². The van der Waals surface area contributed by atoms with Gasteiger partial charge in [-0.15, -0.1) is 0 Å². The highest BCUT2D eigenvalue weighted by atomic mass is 16.6. The van der Waals surface area contributed by atoms with Gasteiger partial charge in [0.2, 0.25) is 0 Å².